The van der Waals surface area contributed by atoms with Crippen molar-refractivity contribution < 1.29 is 0 Å². The van der Waals surface area contributed by atoms with Crippen LogP contribution in [0.1, 0.15) is 0 Å². The Balaban J connectivity index is 0.0000000900. The van der Waals surface area contributed by atoms with Gasteiger partial charge in [0.05, 0.1) is 0 Å². The minimum absolute atomic E-state index is 0. The van der Waals surface area contributed by atoms with E-state index in [1.807, 2.05) is 0 Å². The van der Waals surface area contributed by atoms with E-state index in [1.165, 1.54) is 13.1 Å². The first-order valence-corrected chi connectivity index (χ1v) is 1.21. The lowest BCUT2D eigenvalue weighted by atomic mass is 11.0. The topological polar surface area (TPSA) is 21.9 Å². The third-order valence-corrected chi connectivity index (χ3v) is 0.250. The Morgan fingerprint density at radius 1 is 1.25 bits per heavy atom. The molecule has 0 saturated carbocycles. The van der Waals surface area contributed by atoms with Gasteiger partial charge in [-0.15, -0.1) is 0 Å². The van der Waals surface area contributed by atoms with E-state index in [2.05, 4.69) is 5.32 Å². The van der Waals surface area contributed by atoms with Gasteiger partial charge in [-0.1, -0.05) is 0 Å². The molecule has 26 valence electrons. The highest BCUT2D eigenvalue weighted by molar-refractivity contribution is 5.75. The summed E-state index contributed by atoms with van der Waals surface area (Å²) in [5.74, 6) is 0. The van der Waals surface area contributed by atoms with Gasteiger partial charge in [-0.2, -0.15) is 0 Å². The fourth-order valence-electron chi connectivity index (χ4n) is 0. The number of hydrogen-bond acceptors (Lipinski definition) is 1. The minimum atomic E-state index is 0. The van der Waals surface area contributed by atoms with Crippen molar-refractivity contribution in [3.63, 3.8) is 0 Å². The number of hydrogen-bond donors (Lipinski definition) is 1. The normalized spacial score (nSPS) is 18.0. The summed E-state index contributed by atoms with van der Waals surface area (Å²) in [6.07, 6.45) is 0. The van der Waals surface area contributed by atoms with Crippen molar-refractivity contribution in [2.75, 3.05) is 13.1 Å². The van der Waals surface area contributed by atoms with Gasteiger partial charge in [0, 0.05) is 13.1 Å². The molecule has 0 aliphatic carbocycles. The average Bonchev–Trinajstić information content (AvgIpc) is 1.46. The molecule has 0 aromatic heterocycles. The molecule has 4 heavy (non-hydrogen) atoms. The molecule has 2 heteroatoms. The molecule has 0 aromatic carbocycles. The van der Waals surface area contributed by atoms with Crippen LogP contribution < -0.4 is 5.32 Å². The van der Waals surface area contributed by atoms with E-state index < -0.39 is 0 Å². The van der Waals surface area contributed by atoms with Crippen molar-refractivity contribution in [2.45, 2.75) is 0 Å². The van der Waals surface area contributed by atoms with Gasteiger partial charge in [-0.25, -0.2) is 0 Å². The Morgan fingerprint density at radius 3 is 1.50 bits per heavy atom. The lowest BCUT2D eigenvalue weighted by Gasteiger charge is -1.21. The summed E-state index contributed by atoms with van der Waals surface area (Å²) in [5, 5.41) is 3.00. The van der Waals surface area contributed by atoms with Gasteiger partial charge in [-0.3, -0.25) is 0 Å². The molecule has 1 aliphatic heterocycles. The standard InChI is InChI=1S/C2H5N.H4Si/c1-2-3-1;/h3H,1-2H2;1H4. The molecule has 1 saturated heterocycles. The van der Waals surface area contributed by atoms with Crippen LogP contribution >= 0.6 is 0 Å². The SMILES string of the molecule is C1CN1.[SiH4]. The molecule has 0 radical (unpaired) electrons. The summed E-state index contributed by atoms with van der Waals surface area (Å²) in [6, 6.07) is 0. The Labute approximate surface area is 30.4 Å². The van der Waals surface area contributed by atoms with E-state index in [0.29, 0.717) is 0 Å². The summed E-state index contributed by atoms with van der Waals surface area (Å²) in [4.78, 5) is 0. The van der Waals surface area contributed by atoms with Crippen LogP contribution in [0.4, 0.5) is 0 Å². The molecule has 1 nitrogen and oxygen atoms in total. The van der Waals surface area contributed by atoms with Crippen LogP contribution in [0.25, 0.3) is 0 Å². The first-order chi connectivity index (χ1) is 1.50. The smallest absolute Gasteiger partial charge is 0.00772 e. The molecule has 0 aromatic rings. The highest BCUT2D eigenvalue weighted by atomic mass is 28.1. The van der Waals surface area contributed by atoms with Crippen LogP contribution in [0.2, 0.25) is 0 Å². The van der Waals surface area contributed by atoms with Crippen LogP contribution in [0, 0.1) is 0 Å². The van der Waals surface area contributed by atoms with Crippen molar-refractivity contribution >= 4 is 11.0 Å². The number of nitrogens with one attached hydrogen (secondary N) is 1. The van der Waals surface area contributed by atoms with Crippen molar-refractivity contribution in [1.29, 1.82) is 0 Å². The fourth-order valence-corrected chi connectivity index (χ4v) is 0. The molecular formula is C2H9NSi. The predicted molar refractivity (Wildman–Crippen MR) is 24.2 cm³/mol. The van der Waals surface area contributed by atoms with Gasteiger partial charge in [0.15, 0.2) is 0 Å². The van der Waals surface area contributed by atoms with Gasteiger partial charge in [0.2, 0.25) is 0 Å². The summed E-state index contributed by atoms with van der Waals surface area (Å²) < 4.78 is 0. The first kappa shape index (κ1) is 4.18. The Hall–Kier alpha value is 0.177. The zero-order valence-electron chi connectivity index (χ0n) is 1.91. The lowest BCUT2D eigenvalue weighted by molar-refractivity contribution is 1.34. The predicted octanol–water partition coefficient (Wildman–Crippen LogP) is -1.86. The van der Waals surface area contributed by atoms with Gasteiger partial charge >= 0.3 is 0 Å². The molecule has 1 fully saturated rings. The molecule has 0 bridgehead atoms. The zero-order valence-corrected chi connectivity index (χ0v) is 1.91. The maximum atomic E-state index is 3.00. The maximum absolute atomic E-state index is 3.00. The first-order valence-electron chi connectivity index (χ1n) is 1.21. The Morgan fingerprint density at radius 2 is 1.50 bits per heavy atom. The second-order valence-corrected chi connectivity index (χ2v) is 0.750. The summed E-state index contributed by atoms with van der Waals surface area (Å²) in [6.45, 7) is 2.50. The third-order valence-electron chi connectivity index (χ3n) is 0.250. The van der Waals surface area contributed by atoms with E-state index in [0.717, 1.165) is 0 Å². The number of rotatable bonds is 0. The molecule has 0 amide bonds. The van der Waals surface area contributed by atoms with Gasteiger partial charge < -0.3 is 5.32 Å². The second kappa shape index (κ2) is 1.49. The van der Waals surface area contributed by atoms with E-state index in [9.17, 15) is 0 Å². The molecule has 1 aliphatic rings. The summed E-state index contributed by atoms with van der Waals surface area (Å²) in [5.41, 5.74) is 0. The zero-order chi connectivity index (χ0) is 2.12. The lowest BCUT2D eigenvalue weighted by Crippen LogP contribution is -1.56. The van der Waals surface area contributed by atoms with E-state index in [-0.39, 0.29) is 11.0 Å². The highest BCUT2D eigenvalue weighted by Crippen LogP contribution is 1.65. The average molecular weight is 75.2 g/mol. The van der Waals surface area contributed by atoms with Crippen LogP contribution in [0.5, 0.6) is 0 Å². The van der Waals surface area contributed by atoms with Crippen molar-refractivity contribution in [3.8, 4) is 0 Å². The van der Waals surface area contributed by atoms with Crippen molar-refractivity contribution in [2.24, 2.45) is 0 Å². The largest absolute Gasteiger partial charge is 0.314 e. The summed E-state index contributed by atoms with van der Waals surface area (Å²) in [7, 11) is 0. The monoisotopic (exact) mass is 75.1 g/mol. The highest BCUT2D eigenvalue weighted by Gasteiger charge is 1.91. The van der Waals surface area contributed by atoms with Gasteiger partial charge in [0.1, 0.15) is 0 Å². The molecule has 1 heterocycles. The summed E-state index contributed by atoms with van der Waals surface area (Å²) >= 11 is 0. The molecule has 0 unspecified atom stereocenters. The quantitative estimate of drug-likeness (QED) is 0.265. The second-order valence-electron chi connectivity index (χ2n) is 0.750. The third kappa shape index (κ3) is 2.18. The molecule has 1 N–H and O–H groups in total. The fraction of sp³-hybridized carbons (Fsp3) is 1.00. The van der Waals surface area contributed by atoms with E-state index in [4.69, 9.17) is 0 Å². The molecule has 0 atom stereocenters. The molecular weight excluding hydrogens is 66.1 g/mol. The van der Waals surface area contributed by atoms with E-state index >= 15 is 0 Å². The molecule has 1 rings (SSSR count). The minimum Gasteiger partial charge on any atom is -0.314 e. The Bertz CT molecular complexity index is 10.8. The van der Waals surface area contributed by atoms with Crippen LogP contribution in [-0.4, -0.2) is 24.1 Å². The Kier molecular flexibility index (Phi) is 1.56. The van der Waals surface area contributed by atoms with Crippen LogP contribution in [-0.2, 0) is 0 Å². The van der Waals surface area contributed by atoms with Crippen molar-refractivity contribution in [3.05, 3.63) is 0 Å². The maximum Gasteiger partial charge on any atom is 0.00772 e. The van der Waals surface area contributed by atoms with Crippen molar-refractivity contribution in [1.82, 2.24) is 5.32 Å². The van der Waals surface area contributed by atoms with E-state index in [1.54, 1.807) is 0 Å². The van der Waals surface area contributed by atoms with Gasteiger partial charge in [-0.05, 0) is 11.0 Å². The van der Waals surface area contributed by atoms with Gasteiger partial charge in [0.25, 0.3) is 0 Å². The molecule has 0 spiro atoms. The van der Waals surface area contributed by atoms with Crippen LogP contribution in [0.15, 0.2) is 0 Å². The van der Waals surface area contributed by atoms with Crippen LogP contribution in [0.3, 0.4) is 0 Å².